The van der Waals surface area contributed by atoms with Crippen LogP contribution in [0.2, 0.25) is 0 Å². The Morgan fingerprint density at radius 2 is 2.00 bits per heavy atom. The molecule has 2 aliphatic heterocycles. The van der Waals surface area contributed by atoms with Gasteiger partial charge < -0.3 is 14.5 Å². The fraction of sp³-hybridized carbons (Fsp3) is 0.407. The number of carbonyl (C=O) groups is 1. The van der Waals surface area contributed by atoms with Crippen molar-refractivity contribution in [2.45, 2.75) is 50.7 Å². The molecule has 41 heavy (non-hydrogen) atoms. The molecule has 3 aromatic rings. The zero-order chi connectivity index (χ0) is 29.1. The van der Waals surface area contributed by atoms with Crippen molar-refractivity contribution in [3.63, 3.8) is 0 Å². The summed E-state index contributed by atoms with van der Waals surface area (Å²) in [4.78, 5) is 24.5. The highest BCUT2D eigenvalue weighted by Crippen LogP contribution is 2.38. The van der Waals surface area contributed by atoms with Crippen LogP contribution in [0, 0.1) is 5.82 Å². The molecule has 1 saturated heterocycles. The number of hydrogen-bond donors (Lipinski definition) is 0. The van der Waals surface area contributed by atoms with Gasteiger partial charge in [0.25, 0.3) is 12.9 Å². The van der Waals surface area contributed by atoms with Crippen LogP contribution >= 0.6 is 11.3 Å². The quantitative estimate of drug-likeness (QED) is 0.206. The van der Waals surface area contributed by atoms with Crippen LogP contribution < -0.4 is 4.74 Å². The number of thiazole rings is 1. The van der Waals surface area contributed by atoms with E-state index in [4.69, 9.17) is 14.6 Å². The molecule has 14 heteroatoms. The Labute approximate surface area is 236 Å². The molecule has 218 valence electrons. The number of nitrogens with zero attached hydrogens (tertiary/aromatic N) is 5. The molecule has 1 aromatic carbocycles. The minimum atomic E-state index is -3.03. The zero-order valence-corrected chi connectivity index (χ0v) is 22.5. The van der Waals surface area contributed by atoms with E-state index in [2.05, 4.69) is 16.8 Å². The molecule has 4 heterocycles. The monoisotopic (exact) mass is 595 g/mol. The van der Waals surface area contributed by atoms with E-state index in [1.165, 1.54) is 22.3 Å². The van der Waals surface area contributed by atoms with Gasteiger partial charge in [0.05, 0.1) is 16.3 Å². The van der Waals surface area contributed by atoms with Crippen molar-refractivity contribution in [2.24, 2.45) is 5.16 Å². The lowest BCUT2D eigenvalue weighted by Gasteiger charge is -2.31. The highest BCUT2D eigenvalue weighted by atomic mass is 32.1. The van der Waals surface area contributed by atoms with E-state index >= 15 is 0 Å². The lowest BCUT2D eigenvalue weighted by molar-refractivity contribution is -0.133. The topological polar surface area (TPSA) is 81.8 Å². The molecule has 2 aliphatic rings. The lowest BCUT2D eigenvalue weighted by Crippen LogP contribution is -2.40. The number of oxime groups is 1. The minimum Gasteiger partial charge on any atom is -0.489 e. The number of aromatic nitrogens is 3. The summed E-state index contributed by atoms with van der Waals surface area (Å²) in [6.45, 7) is 4.01. The first-order chi connectivity index (χ1) is 19.7. The second-order valence-electron chi connectivity index (χ2n) is 9.57. The highest BCUT2D eigenvalue weighted by molar-refractivity contribution is 7.10. The van der Waals surface area contributed by atoms with Gasteiger partial charge in [0.15, 0.2) is 6.10 Å². The molecule has 0 aliphatic carbocycles. The van der Waals surface area contributed by atoms with Crippen LogP contribution in [0.25, 0.3) is 0 Å². The van der Waals surface area contributed by atoms with Crippen LogP contribution in [0.4, 0.5) is 22.0 Å². The van der Waals surface area contributed by atoms with Crippen LogP contribution in [0.15, 0.2) is 47.5 Å². The Kier molecular flexibility index (Phi) is 8.66. The third-order valence-corrected chi connectivity index (χ3v) is 7.94. The average Bonchev–Trinajstić information content (AvgIpc) is 3.72. The molecular formula is C27H26F5N5O3S. The van der Waals surface area contributed by atoms with Crippen molar-refractivity contribution >= 4 is 23.0 Å². The zero-order valence-electron chi connectivity index (χ0n) is 21.7. The number of rotatable bonds is 10. The Balaban J connectivity index is 1.18. The second kappa shape index (κ2) is 12.4. The van der Waals surface area contributed by atoms with Crippen molar-refractivity contribution in [1.29, 1.82) is 0 Å². The molecule has 1 fully saturated rings. The normalized spacial score (nSPS) is 17.7. The summed E-state index contributed by atoms with van der Waals surface area (Å²) in [5.41, 5.74) is -0.00762. The first-order valence-corrected chi connectivity index (χ1v) is 13.7. The molecule has 1 amide bonds. The summed E-state index contributed by atoms with van der Waals surface area (Å²) < 4.78 is 73.3. The smallest absolute Gasteiger partial charge is 0.282 e. The highest BCUT2D eigenvalue weighted by Gasteiger charge is 2.32. The third-order valence-electron chi connectivity index (χ3n) is 6.94. The molecule has 0 saturated carbocycles. The van der Waals surface area contributed by atoms with Crippen molar-refractivity contribution in [1.82, 2.24) is 19.7 Å². The maximum atomic E-state index is 14.7. The van der Waals surface area contributed by atoms with E-state index < -0.39 is 48.6 Å². The first-order valence-electron chi connectivity index (χ1n) is 12.9. The van der Waals surface area contributed by atoms with E-state index in [0.717, 1.165) is 5.01 Å². The molecule has 0 bridgehead atoms. The summed E-state index contributed by atoms with van der Waals surface area (Å²) in [6.07, 6.45) is -3.65. The van der Waals surface area contributed by atoms with Crippen LogP contribution in [0.3, 0.4) is 0 Å². The molecule has 5 rings (SSSR count). The summed E-state index contributed by atoms with van der Waals surface area (Å²) in [6, 6.07) is 5.18. The van der Waals surface area contributed by atoms with Gasteiger partial charge in [0.2, 0.25) is 5.91 Å². The van der Waals surface area contributed by atoms with E-state index in [0.29, 0.717) is 60.3 Å². The third kappa shape index (κ3) is 6.26. The molecule has 2 aromatic heterocycles. The van der Waals surface area contributed by atoms with Gasteiger partial charge >= 0.3 is 0 Å². The first kappa shape index (κ1) is 28.7. The Bertz CT molecular complexity index is 1430. The number of piperidine rings is 1. The van der Waals surface area contributed by atoms with Crippen molar-refractivity contribution in [3.8, 4) is 5.75 Å². The summed E-state index contributed by atoms with van der Waals surface area (Å²) in [5.74, 6) is -0.504. The molecule has 0 radical (unpaired) electrons. The van der Waals surface area contributed by atoms with Crippen molar-refractivity contribution in [2.75, 3.05) is 19.7 Å². The maximum absolute atomic E-state index is 14.7. The van der Waals surface area contributed by atoms with E-state index in [1.54, 1.807) is 18.2 Å². The summed E-state index contributed by atoms with van der Waals surface area (Å²) in [7, 11) is 0. The van der Waals surface area contributed by atoms with Crippen LogP contribution in [-0.2, 0) is 16.2 Å². The van der Waals surface area contributed by atoms with Gasteiger partial charge in [0.1, 0.15) is 41.8 Å². The fourth-order valence-corrected chi connectivity index (χ4v) is 5.86. The Morgan fingerprint density at radius 1 is 1.22 bits per heavy atom. The number of hydrogen-bond acceptors (Lipinski definition) is 7. The Hall–Kier alpha value is -3.81. The number of likely N-dealkylation sites (tertiary alicyclic amines) is 1. The molecule has 8 nitrogen and oxygen atoms in total. The van der Waals surface area contributed by atoms with Gasteiger partial charge in [-0.1, -0.05) is 23.9 Å². The average molecular weight is 596 g/mol. The predicted molar refractivity (Wildman–Crippen MR) is 140 cm³/mol. The maximum Gasteiger partial charge on any atom is 0.282 e. The molecule has 0 N–H and O–H groups in total. The van der Waals surface area contributed by atoms with Gasteiger partial charge in [0, 0.05) is 30.8 Å². The van der Waals surface area contributed by atoms with Crippen LogP contribution in [-0.4, -0.2) is 51.0 Å². The van der Waals surface area contributed by atoms with Crippen LogP contribution in [0.5, 0.6) is 5.75 Å². The number of benzene rings is 1. The van der Waals surface area contributed by atoms with Gasteiger partial charge in [-0.2, -0.15) is 5.10 Å². The van der Waals surface area contributed by atoms with Gasteiger partial charge in [-0.15, -0.1) is 11.3 Å². The predicted octanol–water partition coefficient (Wildman–Crippen LogP) is 6.19. The number of carbonyl (C=O) groups excluding carboxylic acids is 1. The molecule has 1 atom stereocenters. The lowest BCUT2D eigenvalue weighted by atomic mass is 9.97. The number of halogens is 5. The fourth-order valence-electron chi connectivity index (χ4n) is 4.86. The number of ether oxygens (including phenoxy) is 1. The van der Waals surface area contributed by atoms with Crippen molar-refractivity contribution < 1.29 is 36.3 Å². The second-order valence-corrected chi connectivity index (χ2v) is 10.5. The number of alkyl halides is 4. The van der Waals surface area contributed by atoms with E-state index in [9.17, 15) is 26.7 Å². The van der Waals surface area contributed by atoms with Gasteiger partial charge in [-0.05, 0) is 31.0 Å². The van der Waals surface area contributed by atoms with Gasteiger partial charge in [-0.25, -0.2) is 26.9 Å². The van der Waals surface area contributed by atoms with E-state index in [1.807, 2.05) is 5.38 Å². The minimum absolute atomic E-state index is 0.0637. The number of amides is 1. The van der Waals surface area contributed by atoms with E-state index in [-0.39, 0.29) is 18.1 Å². The molecule has 0 spiro atoms. The molecule has 1 unspecified atom stereocenters. The van der Waals surface area contributed by atoms with Crippen LogP contribution in [0.1, 0.15) is 71.8 Å². The summed E-state index contributed by atoms with van der Waals surface area (Å²) in [5, 5.41) is 10.4. The van der Waals surface area contributed by atoms with Gasteiger partial charge in [-0.3, -0.25) is 9.48 Å². The Morgan fingerprint density at radius 3 is 2.71 bits per heavy atom. The standard InChI is InChI=1S/C27H26F5N5O3S/c1-2-10-39-21-5-3-4-16(28)24(21)22-12-17(35-40-22)19-14-41-27(33-19)15-6-8-36(9-7-15)23(38)13-37-20(26(31)32)11-18(34-37)25(29)30/h2-5,11,14-15,22,25-26H,1,6-10,12-13H2. The SMILES string of the molecule is C=CCOc1cccc(F)c1C1CC(c2csc(C3CCN(C(=O)Cn4nc(C(F)F)cc4C(F)F)CC3)n2)=NO1. The van der Waals surface area contributed by atoms with Crippen molar-refractivity contribution in [3.05, 3.63) is 75.8 Å². The largest absolute Gasteiger partial charge is 0.489 e. The summed E-state index contributed by atoms with van der Waals surface area (Å²) >= 11 is 1.45. The molecular weight excluding hydrogens is 569 g/mol.